The van der Waals surface area contributed by atoms with E-state index < -0.39 is 0 Å². The summed E-state index contributed by atoms with van der Waals surface area (Å²) in [5.74, 6) is 0.800. The van der Waals surface area contributed by atoms with Gasteiger partial charge in [0.1, 0.15) is 0 Å². The van der Waals surface area contributed by atoms with Crippen LogP contribution in [-0.2, 0) is 6.42 Å². The number of hydrogen-bond acceptors (Lipinski definition) is 1. The van der Waals surface area contributed by atoms with Gasteiger partial charge >= 0.3 is 0 Å². The number of unbranched alkanes of at least 4 members (excludes halogenated alkanes) is 1. The van der Waals surface area contributed by atoms with Crippen molar-refractivity contribution < 1.29 is 0 Å². The maximum absolute atomic E-state index is 3.75. The minimum atomic E-state index is 0.622. The standard InChI is InChI=1S/C19H33N/c1-6-9-13-17(7-2)19(20-8-3)14-18-15(4)11-10-12-16(18)5/h10-12,17,19-20H,6-9,13-14H2,1-5H3. The lowest BCUT2D eigenvalue weighted by Crippen LogP contribution is -2.38. The number of benzene rings is 1. The summed E-state index contributed by atoms with van der Waals surface area (Å²) in [5.41, 5.74) is 4.44. The normalized spacial score (nSPS) is 14.2. The molecule has 1 aromatic carbocycles. The van der Waals surface area contributed by atoms with Crippen LogP contribution in [0.2, 0.25) is 0 Å². The molecule has 0 aliphatic heterocycles. The molecule has 0 aromatic heterocycles. The van der Waals surface area contributed by atoms with Gasteiger partial charge in [0.2, 0.25) is 0 Å². The molecular formula is C19H33N. The van der Waals surface area contributed by atoms with Crippen molar-refractivity contribution in [2.75, 3.05) is 6.54 Å². The second kappa shape index (κ2) is 9.18. The predicted molar refractivity (Wildman–Crippen MR) is 90.4 cm³/mol. The summed E-state index contributed by atoms with van der Waals surface area (Å²) >= 11 is 0. The van der Waals surface area contributed by atoms with Crippen molar-refractivity contribution in [1.29, 1.82) is 0 Å². The van der Waals surface area contributed by atoms with E-state index in [-0.39, 0.29) is 0 Å². The molecule has 114 valence electrons. The Kier molecular flexibility index (Phi) is 7.91. The minimum absolute atomic E-state index is 0.622. The van der Waals surface area contributed by atoms with Crippen molar-refractivity contribution in [1.82, 2.24) is 5.32 Å². The van der Waals surface area contributed by atoms with E-state index in [2.05, 4.69) is 58.1 Å². The molecule has 0 bridgehead atoms. The van der Waals surface area contributed by atoms with Crippen LogP contribution in [0, 0.1) is 19.8 Å². The lowest BCUT2D eigenvalue weighted by atomic mass is 9.85. The van der Waals surface area contributed by atoms with Gasteiger partial charge in [0, 0.05) is 6.04 Å². The number of hydrogen-bond donors (Lipinski definition) is 1. The van der Waals surface area contributed by atoms with Crippen molar-refractivity contribution in [2.24, 2.45) is 5.92 Å². The Labute approximate surface area is 126 Å². The first-order chi connectivity index (χ1) is 9.63. The summed E-state index contributed by atoms with van der Waals surface area (Å²) in [6.07, 6.45) is 6.47. The quantitative estimate of drug-likeness (QED) is 0.665. The van der Waals surface area contributed by atoms with Gasteiger partial charge in [-0.2, -0.15) is 0 Å². The molecule has 2 atom stereocenters. The molecule has 0 fully saturated rings. The fourth-order valence-electron chi connectivity index (χ4n) is 3.21. The van der Waals surface area contributed by atoms with Crippen LogP contribution in [0.3, 0.4) is 0 Å². The van der Waals surface area contributed by atoms with Crippen LogP contribution in [-0.4, -0.2) is 12.6 Å². The van der Waals surface area contributed by atoms with Crippen LogP contribution in [0.15, 0.2) is 18.2 Å². The highest BCUT2D eigenvalue weighted by molar-refractivity contribution is 5.34. The van der Waals surface area contributed by atoms with Crippen LogP contribution in [0.4, 0.5) is 0 Å². The molecule has 0 saturated carbocycles. The van der Waals surface area contributed by atoms with E-state index in [1.54, 1.807) is 5.56 Å². The predicted octanol–water partition coefficient (Wildman–Crippen LogP) is 5.04. The van der Waals surface area contributed by atoms with Crippen molar-refractivity contribution in [3.8, 4) is 0 Å². The molecule has 1 nitrogen and oxygen atoms in total. The maximum atomic E-state index is 3.75. The summed E-state index contributed by atoms with van der Waals surface area (Å²) in [6, 6.07) is 7.29. The number of rotatable bonds is 9. The second-order valence-electron chi connectivity index (χ2n) is 6.05. The molecule has 0 radical (unpaired) electrons. The van der Waals surface area contributed by atoms with Gasteiger partial charge in [-0.05, 0) is 55.8 Å². The lowest BCUT2D eigenvalue weighted by Gasteiger charge is -2.28. The molecule has 1 N–H and O–H groups in total. The van der Waals surface area contributed by atoms with Crippen molar-refractivity contribution in [3.63, 3.8) is 0 Å². The molecule has 1 rings (SSSR count). The molecule has 1 heteroatoms. The third-order valence-corrected chi connectivity index (χ3v) is 4.56. The van der Waals surface area contributed by atoms with Gasteiger partial charge in [0.15, 0.2) is 0 Å². The van der Waals surface area contributed by atoms with E-state index in [9.17, 15) is 0 Å². The lowest BCUT2D eigenvalue weighted by molar-refractivity contribution is 0.319. The second-order valence-corrected chi connectivity index (χ2v) is 6.05. The largest absolute Gasteiger partial charge is 0.314 e. The van der Waals surface area contributed by atoms with Crippen molar-refractivity contribution >= 4 is 0 Å². The third kappa shape index (κ3) is 4.94. The molecule has 0 aliphatic carbocycles. The molecule has 1 aromatic rings. The van der Waals surface area contributed by atoms with Gasteiger partial charge in [0.25, 0.3) is 0 Å². The molecule has 20 heavy (non-hydrogen) atoms. The molecule has 2 unspecified atom stereocenters. The van der Waals surface area contributed by atoms with E-state index in [0.29, 0.717) is 6.04 Å². The fraction of sp³-hybridized carbons (Fsp3) is 0.684. The Morgan fingerprint density at radius 1 is 1.05 bits per heavy atom. The first-order valence-corrected chi connectivity index (χ1v) is 8.42. The molecule has 0 spiro atoms. The average Bonchev–Trinajstić information content (AvgIpc) is 2.43. The van der Waals surface area contributed by atoms with Crippen LogP contribution in [0.25, 0.3) is 0 Å². The van der Waals surface area contributed by atoms with E-state index in [1.807, 2.05) is 0 Å². The van der Waals surface area contributed by atoms with Crippen molar-refractivity contribution in [2.45, 2.75) is 72.8 Å². The Morgan fingerprint density at radius 2 is 1.70 bits per heavy atom. The van der Waals surface area contributed by atoms with E-state index in [0.717, 1.165) is 12.5 Å². The van der Waals surface area contributed by atoms with E-state index >= 15 is 0 Å². The smallest absolute Gasteiger partial charge is 0.0136 e. The Morgan fingerprint density at radius 3 is 2.20 bits per heavy atom. The highest BCUT2D eigenvalue weighted by atomic mass is 14.9. The number of likely N-dealkylation sites (N-methyl/N-ethyl adjacent to an activating group) is 1. The molecule has 0 aliphatic rings. The summed E-state index contributed by atoms with van der Waals surface area (Å²) in [5, 5.41) is 3.75. The van der Waals surface area contributed by atoms with E-state index in [1.165, 1.54) is 43.2 Å². The van der Waals surface area contributed by atoms with Crippen molar-refractivity contribution in [3.05, 3.63) is 34.9 Å². The zero-order valence-corrected chi connectivity index (χ0v) is 14.1. The fourth-order valence-corrected chi connectivity index (χ4v) is 3.21. The molecule has 0 heterocycles. The third-order valence-electron chi connectivity index (χ3n) is 4.56. The zero-order valence-electron chi connectivity index (χ0n) is 14.1. The van der Waals surface area contributed by atoms with Crippen LogP contribution >= 0.6 is 0 Å². The van der Waals surface area contributed by atoms with Crippen LogP contribution in [0.5, 0.6) is 0 Å². The van der Waals surface area contributed by atoms with Gasteiger partial charge in [-0.25, -0.2) is 0 Å². The molecule has 0 amide bonds. The summed E-state index contributed by atoms with van der Waals surface area (Å²) in [6.45, 7) is 12.4. The maximum Gasteiger partial charge on any atom is 0.0136 e. The van der Waals surface area contributed by atoms with Gasteiger partial charge in [-0.1, -0.05) is 58.2 Å². The average molecular weight is 275 g/mol. The Bertz CT molecular complexity index is 363. The first-order valence-electron chi connectivity index (χ1n) is 8.42. The Balaban J connectivity index is 2.84. The number of nitrogens with one attached hydrogen (secondary N) is 1. The van der Waals surface area contributed by atoms with Crippen LogP contribution in [0.1, 0.15) is 63.1 Å². The highest BCUT2D eigenvalue weighted by Gasteiger charge is 2.20. The van der Waals surface area contributed by atoms with E-state index in [4.69, 9.17) is 0 Å². The van der Waals surface area contributed by atoms with Crippen LogP contribution < -0.4 is 5.32 Å². The topological polar surface area (TPSA) is 12.0 Å². The highest BCUT2D eigenvalue weighted by Crippen LogP contribution is 2.23. The van der Waals surface area contributed by atoms with Gasteiger partial charge in [-0.15, -0.1) is 0 Å². The molecular weight excluding hydrogens is 242 g/mol. The molecule has 0 saturated heterocycles. The first kappa shape index (κ1) is 17.2. The summed E-state index contributed by atoms with van der Waals surface area (Å²) in [4.78, 5) is 0. The summed E-state index contributed by atoms with van der Waals surface area (Å²) in [7, 11) is 0. The van der Waals surface area contributed by atoms with Gasteiger partial charge < -0.3 is 5.32 Å². The van der Waals surface area contributed by atoms with Gasteiger partial charge in [-0.3, -0.25) is 0 Å². The SMILES string of the molecule is CCCCC(CC)C(Cc1c(C)cccc1C)NCC. The Hall–Kier alpha value is -0.820. The van der Waals surface area contributed by atoms with Gasteiger partial charge in [0.05, 0.1) is 0 Å². The zero-order chi connectivity index (χ0) is 15.0. The monoisotopic (exact) mass is 275 g/mol. The number of aryl methyl sites for hydroxylation is 2. The summed E-state index contributed by atoms with van der Waals surface area (Å²) < 4.78 is 0. The minimum Gasteiger partial charge on any atom is -0.314 e.